The molecule has 0 unspecified atom stereocenters. The highest BCUT2D eigenvalue weighted by atomic mass is 16.5. The zero-order valence-corrected chi connectivity index (χ0v) is 18.1. The van der Waals surface area contributed by atoms with Gasteiger partial charge in [0.1, 0.15) is 0 Å². The molecule has 0 aromatic carbocycles. The van der Waals surface area contributed by atoms with Crippen LogP contribution in [0.15, 0.2) is 23.3 Å². The fraction of sp³-hybridized carbons (Fsp3) is 0.800. The molecule has 2 N–H and O–H groups in total. The zero-order chi connectivity index (χ0) is 20.6. The summed E-state index contributed by atoms with van der Waals surface area (Å²) in [6, 6.07) is 0. The summed E-state index contributed by atoms with van der Waals surface area (Å²) in [7, 11) is 0. The van der Waals surface area contributed by atoms with Crippen LogP contribution in [0.3, 0.4) is 0 Å². The number of hydrogen-bond acceptors (Lipinski definition) is 4. The largest absolute Gasteiger partial charge is 0.465 e. The highest BCUT2D eigenvalue weighted by Gasteiger charge is 2.52. The molecular weight excluding hydrogens is 364 g/mol. The molecule has 0 amide bonds. The van der Waals surface area contributed by atoms with E-state index in [1.807, 2.05) is 0 Å². The molecule has 4 aliphatic carbocycles. The summed E-state index contributed by atoms with van der Waals surface area (Å²) in [5.41, 5.74) is 2.83. The number of esters is 1. The van der Waals surface area contributed by atoms with Crippen molar-refractivity contribution in [3.63, 3.8) is 0 Å². The van der Waals surface area contributed by atoms with E-state index in [4.69, 9.17) is 4.74 Å². The van der Waals surface area contributed by atoms with Gasteiger partial charge in [0.05, 0.1) is 24.7 Å². The first-order valence-electron chi connectivity index (χ1n) is 11.8. The molecule has 0 saturated heterocycles. The predicted molar refractivity (Wildman–Crippen MR) is 113 cm³/mol. The van der Waals surface area contributed by atoms with Crippen LogP contribution in [0.25, 0.3) is 0 Å². The Hall–Kier alpha value is -1.13. The molecule has 4 fully saturated rings. The fourth-order valence-corrected chi connectivity index (χ4v) is 6.41. The molecule has 4 rings (SSSR count). The van der Waals surface area contributed by atoms with Gasteiger partial charge in [-0.2, -0.15) is 0 Å². The standard InChI is InChI=1S/C25H38O4/c1-16(24(28)29-15-17-5-6-17)22-9-10-23-19(4-3-11-25(22,23)2)8-7-18-12-20(26)14-21(27)13-18/h7-8,16-17,20-23,26-27H,3-6,9-15H2,1-2H3/t16-,20+,21+,22+,23-,25+/m0/s1. The van der Waals surface area contributed by atoms with Crippen molar-refractivity contribution >= 4 is 5.97 Å². The lowest BCUT2D eigenvalue weighted by molar-refractivity contribution is -0.152. The Morgan fingerprint density at radius 2 is 1.90 bits per heavy atom. The number of carbonyl (C=O) groups is 1. The van der Waals surface area contributed by atoms with Gasteiger partial charge in [-0.1, -0.05) is 37.1 Å². The Labute approximate surface area is 175 Å². The van der Waals surface area contributed by atoms with E-state index in [0.717, 1.165) is 24.8 Å². The maximum Gasteiger partial charge on any atom is 0.308 e. The van der Waals surface area contributed by atoms with Crippen molar-refractivity contribution in [2.24, 2.45) is 29.1 Å². The summed E-state index contributed by atoms with van der Waals surface area (Å²) >= 11 is 0. The number of aliphatic hydroxyl groups excluding tert-OH is 2. The van der Waals surface area contributed by atoms with Crippen molar-refractivity contribution in [2.75, 3.05) is 6.61 Å². The third kappa shape index (κ3) is 4.64. The molecule has 0 spiro atoms. The van der Waals surface area contributed by atoms with Crippen LogP contribution in [0.2, 0.25) is 0 Å². The van der Waals surface area contributed by atoms with Gasteiger partial charge in [-0.3, -0.25) is 4.79 Å². The first-order chi connectivity index (χ1) is 13.9. The van der Waals surface area contributed by atoms with Crippen molar-refractivity contribution in [3.8, 4) is 0 Å². The highest BCUT2D eigenvalue weighted by molar-refractivity contribution is 5.72. The molecule has 0 aromatic heterocycles. The minimum atomic E-state index is -0.418. The average molecular weight is 403 g/mol. The van der Waals surface area contributed by atoms with E-state index < -0.39 is 12.2 Å². The molecule has 162 valence electrons. The van der Waals surface area contributed by atoms with Gasteiger partial charge in [0, 0.05) is 0 Å². The normalized spacial score (nSPS) is 39.9. The Bertz CT molecular complexity index is 664. The fourth-order valence-electron chi connectivity index (χ4n) is 6.41. The van der Waals surface area contributed by atoms with E-state index in [2.05, 4.69) is 26.0 Å². The molecule has 4 nitrogen and oxygen atoms in total. The molecule has 0 aromatic rings. The van der Waals surface area contributed by atoms with Gasteiger partial charge in [-0.25, -0.2) is 0 Å². The van der Waals surface area contributed by atoms with E-state index in [1.165, 1.54) is 31.3 Å². The monoisotopic (exact) mass is 402 g/mol. The third-order valence-electron chi connectivity index (χ3n) is 8.24. The van der Waals surface area contributed by atoms with Gasteiger partial charge < -0.3 is 14.9 Å². The second kappa shape index (κ2) is 8.55. The minimum absolute atomic E-state index is 0.00665. The van der Waals surface area contributed by atoms with Gasteiger partial charge in [-0.05, 0) is 87.4 Å². The average Bonchev–Trinajstić information content (AvgIpc) is 3.43. The summed E-state index contributed by atoms with van der Waals surface area (Å²) in [4.78, 5) is 12.7. The lowest BCUT2D eigenvalue weighted by atomic mass is 9.61. The Morgan fingerprint density at radius 1 is 1.17 bits per heavy atom. The van der Waals surface area contributed by atoms with Crippen LogP contribution in [-0.4, -0.2) is 35.0 Å². The SMILES string of the molecule is C[C@H](C(=O)OCC1CC1)[C@H]1CC[C@H]2C(=CC=C3C[C@@H](O)C[C@H](O)C3)CCC[C@]12C. The molecule has 4 aliphatic rings. The van der Waals surface area contributed by atoms with Crippen LogP contribution in [0.5, 0.6) is 0 Å². The molecule has 6 atom stereocenters. The van der Waals surface area contributed by atoms with E-state index in [0.29, 0.717) is 43.6 Å². The van der Waals surface area contributed by atoms with Crippen molar-refractivity contribution in [1.29, 1.82) is 0 Å². The Morgan fingerprint density at radius 3 is 2.59 bits per heavy atom. The molecule has 4 saturated carbocycles. The van der Waals surface area contributed by atoms with Gasteiger partial charge in [0.25, 0.3) is 0 Å². The van der Waals surface area contributed by atoms with Crippen molar-refractivity contribution < 1.29 is 19.7 Å². The molecule has 29 heavy (non-hydrogen) atoms. The topological polar surface area (TPSA) is 66.8 Å². The second-order valence-electron chi connectivity index (χ2n) is 10.5. The maximum absolute atomic E-state index is 12.7. The number of allylic oxidation sites excluding steroid dienone is 3. The number of carbonyl (C=O) groups excluding carboxylic acids is 1. The van der Waals surface area contributed by atoms with Crippen LogP contribution in [0.1, 0.15) is 78.1 Å². The highest BCUT2D eigenvalue weighted by Crippen LogP contribution is 2.59. The number of aliphatic hydroxyl groups is 2. The van der Waals surface area contributed by atoms with E-state index >= 15 is 0 Å². The zero-order valence-electron chi connectivity index (χ0n) is 18.1. The van der Waals surface area contributed by atoms with Crippen LogP contribution in [-0.2, 0) is 9.53 Å². The Kier molecular flexibility index (Phi) is 6.22. The van der Waals surface area contributed by atoms with Gasteiger partial charge in [0.2, 0.25) is 0 Å². The lowest BCUT2D eigenvalue weighted by Gasteiger charge is -2.43. The van der Waals surface area contributed by atoms with Crippen molar-refractivity contribution in [2.45, 2.75) is 90.3 Å². The van der Waals surface area contributed by atoms with Crippen LogP contribution >= 0.6 is 0 Å². The summed E-state index contributed by atoms with van der Waals surface area (Å²) in [6.07, 6.45) is 13.6. The lowest BCUT2D eigenvalue weighted by Crippen LogP contribution is -2.38. The van der Waals surface area contributed by atoms with Gasteiger partial charge >= 0.3 is 5.97 Å². The smallest absolute Gasteiger partial charge is 0.308 e. The van der Waals surface area contributed by atoms with Crippen molar-refractivity contribution in [1.82, 2.24) is 0 Å². The number of hydrogen-bond donors (Lipinski definition) is 2. The van der Waals surface area contributed by atoms with E-state index in [9.17, 15) is 15.0 Å². The summed E-state index contributed by atoms with van der Waals surface area (Å²) in [5, 5.41) is 19.9. The van der Waals surface area contributed by atoms with Gasteiger partial charge in [-0.15, -0.1) is 0 Å². The molecule has 0 aliphatic heterocycles. The van der Waals surface area contributed by atoms with Crippen LogP contribution in [0, 0.1) is 29.1 Å². The number of fused-ring (bicyclic) bond motifs is 1. The van der Waals surface area contributed by atoms with Crippen LogP contribution in [0.4, 0.5) is 0 Å². The summed E-state index contributed by atoms with van der Waals surface area (Å²) < 4.78 is 5.63. The molecule has 4 heteroatoms. The van der Waals surface area contributed by atoms with E-state index in [1.54, 1.807) is 0 Å². The summed E-state index contributed by atoms with van der Waals surface area (Å²) in [6.45, 7) is 5.10. The molecule has 0 bridgehead atoms. The minimum Gasteiger partial charge on any atom is -0.465 e. The second-order valence-corrected chi connectivity index (χ2v) is 10.5. The molecular formula is C25H38O4. The Balaban J connectivity index is 1.44. The van der Waals surface area contributed by atoms with Crippen LogP contribution < -0.4 is 0 Å². The summed E-state index contributed by atoms with van der Waals surface area (Å²) in [5.74, 6) is 1.54. The third-order valence-corrected chi connectivity index (χ3v) is 8.24. The van der Waals surface area contributed by atoms with Crippen molar-refractivity contribution in [3.05, 3.63) is 23.3 Å². The first-order valence-corrected chi connectivity index (χ1v) is 11.8. The number of ether oxygens (including phenoxy) is 1. The van der Waals surface area contributed by atoms with Gasteiger partial charge in [0.15, 0.2) is 0 Å². The molecule has 0 heterocycles. The first kappa shape index (κ1) is 21.1. The molecule has 0 radical (unpaired) electrons. The quantitative estimate of drug-likeness (QED) is 0.662. The predicted octanol–water partition coefficient (Wildman–Crippen LogP) is 4.55. The maximum atomic E-state index is 12.7. The number of rotatable bonds is 5. The van der Waals surface area contributed by atoms with E-state index in [-0.39, 0.29) is 17.3 Å².